The van der Waals surface area contributed by atoms with Crippen molar-refractivity contribution in [1.82, 2.24) is 9.88 Å². The minimum Gasteiger partial charge on any atom is -0.350 e. The molecule has 5 heteroatoms. The number of nitrogens with one attached hydrogen (secondary N) is 1. The van der Waals surface area contributed by atoms with Crippen LogP contribution >= 0.6 is 0 Å². The van der Waals surface area contributed by atoms with Gasteiger partial charge in [-0.2, -0.15) is 0 Å². The van der Waals surface area contributed by atoms with E-state index in [0.717, 1.165) is 5.56 Å². The molecule has 1 amide bonds. The van der Waals surface area contributed by atoms with Crippen molar-refractivity contribution in [2.45, 2.75) is 25.8 Å². The summed E-state index contributed by atoms with van der Waals surface area (Å²) in [4.78, 5) is 23.6. The van der Waals surface area contributed by atoms with Gasteiger partial charge in [-0.25, -0.2) is 0 Å². The van der Waals surface area contributed by atoms with Gasteiger partial charge >= 0.3 is 0 Å². The van der Waals surface area contributed by atoms with E-state index in [1.54, 1.807) is 19.3 Å². The Morgan fingerprint density at radius 3 is 2.35 bits per heavy atom. The Morgan fingerprint density at radius 2 is 1.78 bits per heavy atom. The van der Waals surface area contributed by atoms with Gasteiger partial charge < -0.3 is 15.6 Å². The summed E-state index contributed by atoms with van der Waals surface area (Å²) in [6.45, 7) is 4.59. The fourth-order valence-corrected chi connectivity index (χ4v) is 2.24. The summed E-state index contributed by atoms with van der Waals surface area (Å²) in [5.74, 6) is 0.178. The number of nitrogens with two attached hydrogens (primary N) is 1. The topological polar surface area (TPSA) is 77.1 Å². The van der Waals surface area contributed by atoms with E-state index in [0.29, 0.717) is 18.0 Å². The first kappa shape index (κ1) is 17.0. The first-order chi connectivity index (χ1) is 10.9. The van der Waals surface area contributed by atoms with Crippen molar-refractivity contribution in [3.05, 3.63) is 69.6 Å². The van der Waals surface area contributed by atoms with Crippen LogP contribution < -0.4 is 16.6 Å². The summed E-state index contributed by atoms with van der Waals surface area (Å²) in [6, 6.07) is 10.7. The third-order valence-corrected chi connectivity index (χ3v) is 3.88. The summed E-state index contributed by atoms with van der Waals surface area (Å²) in [5, 5.41) is 2.77. The minimum atomic E-state index is -0.294. The van der Waals surface area contributed by atoms with E-state index in [-0.39, 0.29) is 17.5 Å². The van der Waals surface area contributed by atoms with Gasteiger partial charge in [-0.15, -0.1) is 0 Å². The summed E-state index contributed by atoms with van der Waals surface area (Å²) < 4.78 is 1.42. The molecule has 122 valence electrons. The Labute approximate surface area is 136 Å². The van der Waals surface area contributed by atoms with Crippen LogP contribution in [0.25, 0.3) is 0 Å². The second kappa shape index (κ2) is 7.24. The number of hydrogen-bond acceptors (Lipinski definition) is 3. The molecule has 0 fully saturated rings. The van der Waals surface area contributed by atoms with E-state index >= 15 is 0 Å². The zero-order valence-corrected chi connectivity index (χ0v) is 13.7. The third-order valence-electron chi connectivity index (χ3n) is 3.88. The normalized spacial score (nSPS) is 12.2. The lowest BCUT2D eigenvalue weighted by molar-refractivity contribution is 0.0951. The maximum Gasteiger partial charge on any atom is 0.251 e. The lowest BCUT2D eigenvalue weighted by atomic mass is 9.99. The molecule has 1 unspecified atom stereocenters. The average Bonchev–Trinajstić information content (AvgIpc) is 2.54. The third kappa shape index (κ3) is 4.29. The lowest BCUT2D eigenvalue weighted by Crippen LogP contribution is -2.32. The van der Waals surface area contributed by atoms with Crippen LogP contribution in [0.1, 0.15) is 47.3 Å². The van der Waals surface area contributed by atoms with Gasteiger partial charge in [0.15, 0.2) is 0 Å². The maximum absolute atomic E-state index is 12.1. The number of hydrogen-bond donors (Lipinski definition) is 2. The molecule has 0 aliphatic heterocycles. The summed E-state index contributed by atoms with van der Waals surface area (Å²) >= 11 is 0. The SMILES string of the molecule is CC(C)c1ccc(C(N)CNC(=O)c2ccn(C)c(=O)c2)cc1. The second-order valence-corrected chi connectivity index (χ2v) is 6.00. The van der Waals surface area contributed by atoms with Crippen LogP contribution in [-0.4, -0.2) is 17.0 Å². The molecule has 2 aromatic rings. The molecule has 0 aliphatic carbocycles. The van der Waals surface area contributed by atoms with E-state index in [1.807, 2.05) is 12.1 Å². The number of amides is 1. The molecule has 23 heavy (non-hydrogen) atoms. The molecule has 1 aromatic carbocycles. The van der Waals surface area contributed by atoms with E-state index in [2.05, 4.69) is 31.3 Å². The average molecular weight is 313 g/mol. The Balaban J connectivity index is 1.97. The molecule has 1 heterocycles. The predicted octanol–water partition coefficient (Wildman–Crippen LogP) is 1.94. The Hall–Kier alpha value is -2.40. The second-order valence-electron chi connectivity index (χ2n) is 6.00. The fraction of sp³-hybridized carbons (Fsp3) is 0.333. The molecule has 5 nitrogen and oxygen atoms in total. The molecule has 2 rings (SSSR count). The largest absolute Gasteiger partial charge is 0.350 e. The number of rotatable bonds is 5. The highest BCUT2D eigenvalue weighted by atomic mass is 16.2. The Bertz CT molecular complexity index is 733. The van der Waals surface area contributed by atoms with Crippen LogP contribution in [0.4, 0.5) is 0 Å². The van der Waals surface area contributed by atoms with Crippen molar-refractivity contribution in [3.63, 3.8) is 0 Å². The maximum atomic E-state index is 12.1. The van der Waals surface area contributed by atoms with E-state index in [9.17, 15) is 9.59 Å². The van der Waals surface area contributed by atoms with E-state index in [1.165, 1.54) is 16.2 Å². The highest BCUT2D eigenvalue weighted by Crippen LogP contribution is 2.17. The molecule has 0 aliphatic rings. The van der Waals surface area contributed by atoms with Crippen molar-refractivity contribution in [3.8, 4) is 0 Å². The van der Waals surface area contributed by atoms with Crippen molar-refractivity contribution in [1.29, 1.82) is 0 Å². The van der Waals surface area contributed by atoms with Crippen molar-refractivity contribution >= 4 is 5.91 Å². The van der Waals surface area contributed by atoms with Gasteiger partial charge in [0.25, 0.3) is 11.5 Å². The van der Waals surface area contributed by atoms with Crippen molar-refractivity contribution < 1.29 is 4.79 Å². The van der Waals surface area contributed by atoms with Gasteiger partial charge in [-0.3, -0.25) is 9.59 Å². The van der Waals surface area contributed by atoms with Crippen LogP contribution in [0.15, 0.2) is 47.4 Å². The Morgan fingerprint density at radius 1 is 1.17 bits per heavy atom. The number of aromatic nitrogens is 1. The van der Waals surface area contributed by atoms with Crippen LogP contribution in [0.5, 0.6) is 0 Å². The van der Waals surface area contributed by atoms with Crippen LogP contribution in [-0.2, 0) is 7.05 Å². The quantitative estimate of drug-likeness (QED) is 0.885. The van der Waals surface area contributed by atoms with Crippen LogP contribution in [0.2, 0.25) is 0 Å². The fourth-order valence-electron chi connectivity index (χ4n) is 2.24. The molecule has 0 bridgehead atoms. The van der Waals surface area contributed by atoms with Gasteiger partial charge in [0.2, 0.25) is 0 Å². The number of nitrogens with zero attached hydrogens (tertiary/aromatic N) is 1. The number of aryl methyl sites for hydroxylation is 1. The standard InChI is InChI=1S/C18H23N3O2/c1-12(2)13-4-6-14(7-5-13)16(19)11-20-18(23)15-8-9-21(3)17(22)10-15/h4-10,12,16H,11,19H2,1-3H3,(H,20,23). The van der Waals surface area contributed by atoms with Gasteiger partial charge in [-0.1, -0.05) is 38.1 Å². The van der Waals surface area contributed by atoms with E-state index in [4.69, 9.17) is 5.73 Å². The lowest BCUT2D eigenvalue weighted by Gasteiger charge is -2.14. The summed E-state index contributed by atoms with van der Waals surface area (Å²) in [7, 11) is 1.64. The zero-order valence-electron chi connectivity index (χ0n) is 13.7. The molecule has 0 saturated carbocycles. The monoisotopic (exact) mass is 313 g/mol. The van der Waals surface area contributed by atoms with Gasteiger partial charge in [0.1, 0.15) is 0 Å². The smallest absolute Gasteiger partial charge is 0.251 e. The molecule has 0 radical (unpaired) electrons. The molecule has 1 aromatic heterocycles. The summed E-state index contributed by atoms with van der Waals surface area (Å²) in [6.07, 6.45) is 1.57. The number of carbonyl (C=O) groups is 1. The van der Waals surface area contributed by atoms with Crippen molar-refractivity contribution in [2.75, 3.05) is 6.54 Å². The first-order valence-electron chi connectivity index (χ1n) is 7.69. The van der Waals surface area contributed by atoms with E-state index < -0.39 is 0 Å². The molecule has 3 N–H and O–H groups in total. The minimum absolute atomic E-state index is 0.216. The van der Waals surface area contributed by atoms with Gasteiger partial charge in [0, 0.05) is 37.5 Å². The van der Waals surface area contributed by atoms with Crippen LogP contribution in [0.3, 0.4) is 0 Å². The van der Waals surface area contributed by atoms with Crippen LogP contribution in [0, 0.1) is 0 Å². The van der Waals surface area contributed by atoms with Gasteiger partial charge in [-0.05, 0) is 23.1 Å². The number of pyridine rings is 1. The molecular weight excluding hydrogens is 290 g/mol. The highest BCUT2D eigenvalue weighted by molar-refractivity contribution is 5.93. The molecule has 0 spiro atoms. The number of benzene rings is 1. The van der Waals surface area contributed by atoms with Crippen molar-refractivity contribution in [2.24, 2.45) is 12.8 Å². The first-order valence-corrected chi connectivity index (χ1v) is 7.69. The zero-order chi connectivity index (χ0) is 17.0. The Kier molecular flexibility index (Phi) is 5.34. The van der Waals surface area contributed by atoms with Gasteiger partial charge in [0.05, 0.1) is 0 Å². The predicted molar refractivity (Wildman–Crippen MR) is 91.5 cm³/mol. The number of carbonyl (C=O) groups excluding carboxylic acids is 1. The molecule has 0 saturated heterocycles. The molecular formula is C18H23N3O2. The molecule has 1 atom stereocenters. The summed E-state index contributed by atoms with van der Waals surface area (Å²) in [5.41, 5.74) is 8.47. The highest BCUT2D eigenvalue weighted by Gasteiger charge is 2.11.